The van der Waals surface area contributed by atoms with Gasteiger partial charge in [-0.1, -0.05) is 155 Å². The van der Waals surface area contributed by atoms with Gasteiger partial charge < -0.3 is 29.5 Å². The molecule has 0 aromatic carbocycles. The highest BCUT2D eigenvalue weighted by atomic mass is 31.2. The Morgan fingerprint density at radius 2 is 1.09 bits per heavy atom. The zero-order chi connectivity index (χ0) is 41.4. The third kappa shape index (κ3) is 40.3. The van der Waals surface area contributed by atoms with Gasteiger partial charge in [0.1, 0.15) is 6.61 Å². The fourth-order valence-electron chi connectivity index (χ4n) is 4.88. The van der Waals surface area contributed by atoms with E-state index < -0.39 is 44.7 Å². The SMILES string of the molecule is CC/C=C\C[C@@H](O)/C=C/C=C\C=C\[C@@H](O)C/C=C\C/C=C\CCC(=O)OC[C@H](COP(=O)(O)O)OC(=O)CCC/C=C\C/C=C\C/C=C\CCCCCCCC. The Bertz CT molecular complexity index is 1300. The van der Waals surface area contributed by atoms with E-state index in [1.165, 1.54) is 38.5 Å². The lowest BCUT2D eigenvalue weighted by Gasteiger charge is -2.18. The van der Waals surface area contributed by atoms with Gasteiger partial charge in [-0.15, -0.1) is 0 Å². The third-order valence-corrected chi connectivity index (χ3v) is 8.44. The summed E-state index contributed by atoms with van der Waals surface area (Å²) >= 11 is 0. The van der Waals surface area contributed by atoms with Crippen LogP contribution in [0.5, 0.6) is 0 Å². The standard InChI is InChI=1S/C45H71O10P/c1-3-5-7-8-9-10-11-12-13-14-15-16-17-18-19-24-32-38-45(49)55-43(40-54-56(50,51)52)39-53-44(48)37-31-23-21-20-22-28-34-42(47)36-30-26-25-29-35-41(46)33-27-6-4-2/h6,12-13,15-16,18-19,21-23,25-30,35-36,41-43,46-47H,3-5,7-11,14,17,20,24,31-34,37-40H2,1-2H3,(H2,50,51,52)/b13-12-,16-15-,19-18-,23-21-,26-25-,27-6-,28-22-,35-29+,36-30+/t41-,42+,43-/m1/s1. The lowest BCUT2D eigenvalue weighted by Crippen LogP contribution is -2.29. The number of aliphatic hydroxyl groups excluding tert-OH is 2. The zero-order valence-corrected chi connectivity index (χ0v) is 34.8. The molecule has 0 saturated heterocycles. The fraction of sp³-hybridized carbons (Fsp3) is 0.556. The van der Waals surface area contributed by atoms with Gasteiger partial charge in [-0.2, -0.15) is 0 Å². The highest BCUT2D eigenvalue weighted by Gasteiger charge is 2.22. The average Bonchev–Trinajstić information content (AvgIpc) is 3.16. The fourth-order valence-corrected chi connectivity index (χ4v) is 5.24. The molecule has 0 aliphatic heterocycles. The molecule has 0 aromatic heterocycles. The molecule has 0 saturated carbocycles. The molecule has 0 radical (unpaired) electrons. The van der Waals surface area contributed by atoms with Crippen molar-refractivity contribution in [2.24, 2.45) is 0 Å². The molecule has 0 unspecified atom stereocenters. The molecule has 0 bridgehead atoms. The second kappa shape index (κ2) is 38.5. The first kappa shape index (κ1) is 52.6. The Hall–Kier alpha value is -3.37. The molecule has 0 aromatic rings. The van der Waals surface area contributed by atoms with E-state index >= 15 is 0 Å². The zero-order valence-electron chi connectivity index (χ0n) is 34.0. The van der Waals surface area contributed by atoms with Crippen LogP contribution in [0, 0.1) is 0 Å². The van der Waals surface area contributed by atoms with E-state index in [9.17, 15) is 24.4 Å². The minimum atomic E-state index is -4.82. The maximum atomic E-state index is 12.4. The number of esters is 2. The van der Waals surface area contributed by atoms with Crippen LogP contribution in [0.1, 0.15) is 129 Å². The van der Waals surface area contributed by atoms with Crippen molar-refractivity contribution in [2.75, 3.05) is 13.2 Å². The number of hydrogen-bond donors (Lipinski definition) is 4. The van der Waals surface area contributed by atoms with Crippen molar-refractivity contribution in [3.8, 4) is 0 Å². The second-order valence-corrected chi connectivity index (χ2v) is 14.5. The van der Waals surface area contributed by atoms with Crippen LogP contribution in [0.25, 0.3) is 0 Å². The van der Waals surface area contributed by atoms with Gasteiger partial charge in [-0.25, -0.2) is 4.57 Å². The molecule has 0 fully saturated rings. The Morgan fingerprint density at radius 1 is 0.571 bits per heavy atom. The summed E-state index contributed by atoms with van der Waals surface area (Å²) in [5.74, 6) is -1.13. The Kier molecular flexibility index (Phi) is 36.2. The molecule has 4 N–H and O–H groups in total. The number of phosphoric ester groups is 1. The lowest BCUT2D eigenvalue weighted by atomic mass is 10.1. The normalized spacial score (nSPS) is 14.8. The largest absolute Gasteiger partial charge is 0.469 e. The van der Waals surface area contributed by atoms with Gasteiger partial charge in [-0.05, 0) is 70.6 Å². The number of carbonyl (C=O) groups excluding carboxylic acids is 2. The van der Waals surface area contributed by atoms with Crippen LogP contribution in [-0.2, 0) is 28.2 Å². The summed E-state index contributed by atoms with van der Waals surface area (Å²) in [5, 5.41) is 19.9. The smallest absolute Gasteiger partial charge is 0.462 e. The van der Waals surface area contributed by atoms with E-state index in [4.69, 9.17) is 19.3 Å². The molecule has 316 valence electrons. The Balaban J connectivity index is 4.29. The number of rotatable bonds is 35. The molecule has 0 heterocycles. The molecule has 10 nitrogen and oxygen atoms in total. The maximum Gasteiger partial charge on any atom is 0.469 e. The maximum absolute atomic E-state index is 12.4. The lowest BCUT2D eigenvalue weighted by molar-refractivity contribution is -0.161. The highest BCUT2D eigenvalue weighted by Crippen LogP contribution is 2.36. The topological polar surface area (TPSA) is 160 Å². The first-order valence-electron chi connectivity index (χ1n) is 20.4. The summed E-state index contributed by atoms with van der Waals surface area (Å²) in [5.41, 5.74) is 0. The quantitative estimate of drug-likeness (QED) is 0.0160. The van der Waals surface area contributed by atoms with E-state index in [-0.39, 0.29) is 19.4 Å². The van der Waals surface area contributed by atoms with Crippen LogP contribution in [0.2, 0.25) is 0 Å². The predicted octanol–water partition coefficient (Wildman–Crippen LogP) is 10.3. The van der Waals surface area contributed by atoms with Crippen molar-refractivity contribution in [1.29, 1.82) is 0 Å². The van der Waals surface area contributed by atoms with Crippen LogP contribution in [0.3, 0.4) is 0 Å². The average molecular weight is 803 g/mol. The van der Waals surface area contributed by atoms with E-state index in [2.05, 4.69) is 35.8 Å². The molecule has 11 heteroatoms. The van der Waals surface area contributed by atoms with E-state index in [1.54, 1.807) is 36.5 Å². The van der Waals surface area contributed by atoms with Crippen LogP contribution in [0.4, 0.5) is 0 Å². The molecular weight excluding hydrogens is 731 g/mol. The van der Waals surface area contributed by atoms with Gasteiger partial charge in [0, 0.05) is 12.8 Å². The molecular formula is C45H71O10P. The number of unbranched alkanes of at least 4 members (excludes halogenated alkanes) is 7. The number of allylic oxidation sites excluding steroid dienone is 14. The Labute approximate surface area is 337 Å². The van der Waals surface area contributed by atoms with E-state index in [1.807, 2.05) is 55.5 Å². The van der Waals surface area contributed by atoms with Crippen LogP contribution in [0.15, 0.2) is 109 Å². The van der Waals surface area contributed by atoms with E-state index in [0.717, 1.165) is 25.7 Å². The summed E-state index contributed by atoms with van der Waals surface area (Å²) < 4.78 is 26.2. The number of carbonyl (C=O) groups is 2. The van der Waals surface area contributed by atoms with Crippen molar-refractivity contribution in [2.45, 2.75) is 148 Å². The first-order chi connectivity index (χ1) is 27.1. The van der Waals surface area contributed by atoms with Gasteiger partial charge in [0.2, 0.25) is 0 Å². The van der Waals surface area contributed by atoms with Gasteiger partial charge in [0.25, 0.3) is 0 Å². The van der Waals surface area contributed by atoms with Gasteiger partial charge in [0.05, 0.1) is 18.8 Å². The highest BCUT2D eigenvalue weighted by molar-refractivity contribution is 7.46. The van der Waals surface area contributed by atoms with Gasteiger partial charge in [0.15, 0.2) is 6.10 Å². The summed E-state index contributed by atoms with van der Waals surface area (Å²) in [7, 11) is -4.82. The molecule has 0 amide bonds. The number of aliphatic hydroxyl groups is 2. The molecule has 0 aliphatic carbocycles. The van der Waals surface area contributed by atoms with Gasteiger partial charge >= 0.3 is 19.8 Å². The second-order valence-electron chi connectivity index (χ2n) is 13.3. The first-order valence-corrected chi connectivity index (χ1v) is 21.9. The molecule has 0 aliphatic rings. The summed E-state index contributed by atoms with van der Waals surface area (Å²) in [6.07, 6.45) is 47.5. The van der Waals surface area contributed by atoms with Crippen molar-refractivity contribution in [3.05, 3.63) is 109 Å². The van der Waals surface area contributed by atoms with Crippen LogP contribution < -0.4 is 0 Å². The predicted molar refractivity (Wildman–Crippen MR) is 228 cm³/mol. The number of phosphoric acid groups is 1. The summed E-state index contributed by atoms with van der Waals surface area (Å²) in [4.78, 5) is 42.8. The summed E-state index contributed by atoms with van der Waals surface area (Å²) in [6, 6.07) is 0. The van der Waals surface area contributed by atoms with Crippen molar-refractivity contribution in [3.63, 3.8) is 0 Å². The third-order valence-electron chi connectivity index (χ3n) is 7.96. The van der Waals surface area contributed by atoms with Crippen LogP contribution >= 0.6 is 7.82 Å². The van der Waals surface area contributed by atoms with Gasteiger partial charge in [-0.3, -0.25) is 14.1 Å². The molecule has 0 spiro atoms. The van der Waals surface area contributed by atoms with Crippen LogP contribution in [-0.4, -0.2) is 63.5 Å². The number of ether oxygens (including phenoxy) is 2. The summed E-state index contributed by atoms with van der Waals surface area (Å²) in [6.45, 7) is 3.27. The Morgan fingerprint density at radius 3 is 1.68 bits per heavy atom. The number of hydrogen-bond acceptors (Lipinski definition) is 8. The van der Waals surface area contributed by atoms with Crippen molar-refractivity contribution >= 4 is 19.8 Å². The molecule has 3 atom stereocenters. The monoisotopic (exact) mass is 802 g/mol. The van der Waals surface area contributed by atoms with E-state index in [0.29, 0.717) is 38.5 Å². The van der Waals surface area contributed by atoms with Crippen molar-refractivity contribution < 1.29 is 48.2 Å². The van der Waals surface area contributed by atoms with Crippen molar-refractivity contribution in [1.82, 2.24) is 0 Å². The minimum Gasteiger partial charge on any atom is -0.462 e. The minimum absolute atomic E-state index is 0.0682. The molecule has 56 heavy (non-hydrogen) atoms. The molecule has 0 rings (SSSR count).